The average molecular weight is 366 g/mol. The topological polar surface area (TPSA) is 87.5 Å². The van der Waals surface area contributed by atoms with E-state index in [1.54, 1.807) is 41.5 Å². The van der Waals surface area contributed by atoms with E-state index in [0.29, 0.717) is 48.4 Å². The third-order valence-corrected chi connectivity index (χ3v) is 4.07. The zero-order valence-electron chi connectivity index (χ0n) is 14.7. The Bertz CT molecular complexity index is 938. The van der Waals surface area contributed by atoms with E-state index in [0.717, 1.165) is 5.56 Å². The fourth-order valence-electron chi connectivity index (χ4n) is 2.78. The second-order valence-corrected chi connectivity index (χ2v) is 5.91. The van der Waals surface area contributed by atoms with Crippen LogP contribution in [0.1, 0.15) is 15.9 Å². The molecule has 3 heterocycles. The number of methoxy groups -OCH3 is 1. The first-order valence-electron chi connectivity index (χ1n) is 8.44. The van der Waals surface area contributed by atoms with Crippen molar-refractivity contribution in [3.05, 3.63) is 60.0 Å². The molecular weight excluding hydrogens is 348 g/mol. The van der Waals surface area contributed by atoms with Gasteiger partial charge in [-0.05, 0) is 29.8 Å². The number of carbonyl (C=O) groups excluding carboxylic acids is 1. The number of fused-ring (bicyclic) bond motifs is 1. The third kappa shape index (κ3) is 3.69. The Labute approximate surface area is 155 Å². The Kier molecular flexibility index (Phi) is 4.61. The van der Waals surface area contributed by atoms with E-state index in [-0.39, 0.29) is 5.91 Å². The minimum absolute atomic E-state index is 0.306. The number of nitrogens with one attached hydrogen (secondary N) is 1. The summed E-state index contributed by atoms with van der Waals surface area (Å²) < 4.78 is 18.2. The van der Waals surface area contributed by atoms with Crippen molar-refractivity contribution in [1.82, 2.24) is 14.8 Å². The molecule has 3 aromatic rings. The number of anilines is 1. The molecular formula is C19H18N4O4. The summed E-state index contributed by atoms with van der Waals surface area (Å²) in [6.45, 7) is 1.47. The van der Waals surface area contributed by atoms with Crippen LogP contribution in [0, 0.1) is 0 Å². The Hall–Kier alpha value is -3.55. The van der Waals surface area contributed by atoms with Crippen LogP contribution in [0.4, 0.5) is 5.82 Å². The summed E-state index contributed by atoms with van der Waals surface area (Å²) in [5.74, 6) is 1.62. The van der Waals surface area contributed by atoms with Crippen LogP contribution in [0.5, 0.6) is 17.2 Å². The molecule has 0 radical (unpaired) electrons. The van der Waals surface area contributed by atoms with Gasteiger partial charge in [0.05, 0.1) is 13.7 Å². The SMILES string of the molecule is COc1cc(C(=O)Nc2ccn(Cc3ccncc3)n2)cc2c1OCCO2. The van der Waals surface area contributed by atoms with Gasteiger partial charge in [-0.25, -0.2) is 0 Å². The Morgan fingerprint density at radius 1 is 1.22 bits per heavy atom. The van der Waals surface area contributed by atoms with E-state index in [1.807, 2.05) is 12.1 Å². The molecule has 1 amide bonds. The highest BCUT2D eigenvalue weighted by Gasteiger charge is 2.21. The van der Waals surface area contributed by atoms with E-state index >= 15 is 0 Å². The summed E-state index contributed by atoms with van der Waals surface area (Å²) in [5.41, 5.74) is 1.47. The van der Waals surface area contributed by atoms with E-state index < -0.39 is 0 Å². The molecule has 0 spiro atoms. The van der Waals surface area contributed by atoms with Crippen molar-refractivity contribution in [3.63, 3.8) is 0 Å². The maximum absolute atomic E-state index is 12.6. The molecule has 8 nitrogen and oxygen atoms in total. The van der Waals surface area contributed by atoms with E-state index in [4.69, 9.17) is 14.2 Å². The summed E-state index contributed by atoms with van der Waals surface area (Å²) in [4.78, 5) is 16.6. The van der Waals surface area contributed by atoms with Gasteiger partial charge in [0.1, 0.15) is 13.2 Å². The number of benzene rings is 1. The molecule has 0 unspecified atom stereocenters. The van der Waals surface area contributed by atoms with Gasteiger partial charge >= 0.3 is 0 Å². The fraction of sp³-hybridized carbons (Fsp3) is 0.211. The van der Waals surface area contributed by atoms with Gasteiger partial charge in [-0.2, -0.15) is 5.10 Å². The largest absolute Gasteiger partial charge is 0.493 e. The highest BCUT2D eigenvalue weighted by molar-refractivity contribution is 6.04. The van der Waals surface area contributed by atoms with Crippen LogP contribution in [0.15, 0.2) is 48.9 Å². The molecule has 2 aromatic heterocycles. The number of amides is 1. The highest BCUT2D eigenvalue weighted by atomic mass is 16.6. The summed E-state index contributed by atoms with van der Waals surface area (Å²) in [5, 5.41) is 7.17. The predicted octanol–water partition coefficient (Wildman–Crippen LogP) is 2.36. The first-order chi connectivity index (χ1) is 13.2. The molecule has 138 valence electrons. The Morgan fingerprint density at radius 2 is 2.04 bits per heavy atom. The third-order valence-electron chi connectivity index (χ3n) is 4.07. The minimum Gasteiger partial charge on any atom is -0.493 e. The summed E-state index contributed by atoms with van der Waals surface area (Å²) >= 11 is 0. The molecule has 0 bridgehead atoms. The average Bonchev–Trinajstić information content (AvgIpc) is 3.14. The number of aromatic nitrogens is 3. The Morgan fingerprint density at radius 3 is 2.85 bits per heavy atom. The molecule has 0 atom stereocenters. The lowest BCUT2D eigenvalue weighted by Crippen LogP contribution is -2.18. The molecule has 0 saturated heterocycles. The quantitative estimate of drug-likeness (QED) is 0.746. The van der Waals surface area contributed by atoms with Gasteiger partial charge in [0, 0.05) is 30.2 Å². The lowest BCUT2D eigenvalue weighted by molar-refractivity contribution is 0.102. The van der Waals surface area contributed by atoms with Gasteiger partial charge in [0.25, 0.3) is 5.91 Å². The van der Waals surface area contributed by atoms with Gasteiger partial charge in [-0.3, -0.25) is 14.5 Å². The second-order valence-electron chi connectivity index (χ2n) is 5.91. The van der Waals surface area contributed by atoms with Crippen molar-refractivity contribution in [3.8, 4) is 17.2 Å². The van der Waals surface area contributed by atoms with Gasteiger partial charge in [0.15, 0.2) is 17.3 Å². The molecule has 1 aliphatic rings. The van der Waals surface area contributed by atoms with Gasteiger partial charge in [-0.15, -0.1) is 0 Å². The summed E-state index contributed by atoms with van der Waals surface area (Å²) in [6.07, 6.45) is 5.27. The standard InChI is InChI=1S/C19H18N4O4/c1-25-15-10-14(11-16-18(15)27-9-8-26-16)19(24)21-17-4-7-23(22-17)12-13-2-5-20-6-3-13/h2-7,10-11H,8-9,12H2,1H3,(H,21,22,24). The predicted molar refractivity (Wildman–Crippen MR) is 97.5 cm³/mol. The molecule has 0 aliphatic carbocycles. The van der Waals surface area contributed by atoms with Gasteiger partial charge < -0.3 is 19.5 Å². The second kappa shape index (κ2) is 7.36. The maximum Gasteiger partial charge on any atom is 0.257 e. The van der Waals surface area contributed by atoms with Crippen LogP contribution in [0.2, 0.25) is 0 Å². The smallest absolute Gasteiger partial charge is 0.257 e. The molecule has 1 aliphatic heterocycles. The molecule has 4 rings (SSSR count). The number of carbonyl (C=O) groups is 1. The summed E-state index contributed by atoms with van der Waals surface area (Å²) in [7, 11) is 1.52. The number of pyridine rings is 1. The zero-order chi connectivity index (χ0) is 18.6. The van der Waals surface area contributed by atoms with Crippen LogP contribution in [-0.2, 0) is 6.54 Å². The van der Waals surface area contributed by atoms with E-state index in [2.05, 4.69) is 15.4 Å². The van der Waals surface area contributed by atoms with Crippen LogP contribution in [-0.4, -0.2) is 41.0 Å². The molecule has 27 heavy (non-hydrogen) atoms. The van der Waals surface area contributed by atoms with Crippen molar-refractivity contribution >= 4 is 11.7 Å². The van der Waals surface area contributed by atoms with Crippen molar-refractivity contribution in [2.75, 3.05) is 25.6 Å². The first-order valence-corrected chi connectivity index (χ1v) is 8.44. The van der Waals surface area contributed by atoms with E-state index in [1.165, 1.54) is 7.11 Å². The van der Waals surface area contributed by atoms with Crippen molar-refractivity contribution in [2.45, 2.75) is 6.54 Å². The van der Waals surface area contributed by atoms with E-state index in [9.17, 15) is 4.79 Å². The fourth-order valence-corrected chi connectivity index (χ4v) is 2.78. The van der Waals surface area contributed by atoms with Crippen LogP contribution in [0.3, 0.4) is 0 Å². The zero-order valence-corrected chi connectivity index (χ0v) is 14.7. The van der Waals surface area contributed by atoms with Crippen molar-refractivity contribution in [2.24, 2.45) is 0 Å². The number of nitrogens with zero attached hydrogens (tertiary/aromatic N) is 3. The summed E-state index contributed by atoms with van der Waals surface area (Å²) in [6, 6.07) is 8.84. The Balaban J connectivity index is 1.49. The van der Waals surface area contributed by atoms with Crippen molar-refractivity contribution < 1.29 is 19.0 Å². The number of hydrogen-bond donors (Lipinski definition) is 1. The van der Waals surface area contributed by atoms with Gasteiger partial charge in [-0.1, -0.05) is 0 Å². The maximum atomic E-state index is 12.6. The molecule has 0 saturated carbocycles. The van der Waals surface area contributed by atoms with Crippen molar-refractivity contribution in [1.29, 1.82) is 0 Å². The lowest BCUT2D eigenvalue weighted by Gasteiger charge is -2.21. The lowest BCUT2D eigenvalue weighted by atomic mass is 10.1. The molecule has 1 N–H and O–H groups in total. The minimum atomic E-state index is -0.306. The van der Waals surface area contributed by atoms with Crippen LogP contribution >= 0.6 is 0 Å². The highest BCUT2D eigenvalue weighted by Crippen LogP contribution is 2.40. The molecule has 1 aromatic carbocycles. The van der Waals surface area contributed by atoms with Crippen LogP contribution < -0.4 is 19.5 Å². The van der Waals surface area contributed by atoms with Gasteiger partial charge in [0.2, 0.25) is 5.75 Å². The first kappa shape index (κ1) is 16.9. The normalized spacial score (nSPS) is 12.5. The number of rotatable bonds is 5. The molecule has 0 fully saturated rings. The van der Waals surface area contributed by atoms with Crippen LogP contribution in [0.25, 0.3) is 0 Å². The molecule has 8 heteroatoms. The monoisotopic (exact) mass is 366 g/mol. The number of ether oxygens (including phenoxy) is 3. The number of hydrogen-bond acceptors (Lipinski definition) is 6.